The van der Waals surface area contributed by atoms with Crippen molar-refractivity contribution in [1.29, 1.82) is 0 Å². The van der Waals surface area contributed by atoms with Crippen LogP contribution in [0.3, 0.4) is 0 Å². The Morgan fingerprint density at radius 1 is 1.33 bits per heavy atom. The zero-order valence-corrected chi connectivity index (χ0v) is 11.9. The Morgan fingerprint density at radius 3 is 2.67 bits per heavy atom. The van der Waals surface area contributed by atoms with Crippen LogP contribution in [0.2, 0.25) is 0 Å². The Bertz CT molecular complexity index is 605. The average Bonchev–Trinajstić information content (AvgIpc) is 3.10. The number of likely N-dealkylation sites (tertiary alicyclic amines) is 1. The van der Waals surface area contributed by atoms with Crippen molar-refractivity contribution in [3.63, 3.8) is 0 Å². The summed E-state index contributed by atoms with van der Waals surface area (Å²) in [6.07, 6.45) is -0.0442. The van der Waals surface area contributed by atoms with E-state index < -0.39 is 6.09 Å². The van der Waals surface area contributed by atoms with E-state index in [1.54, 1.807) is 24.8 Å². The number of cyclic esters (lactones) is 1. The van der Waals surface area contributed by atoms with Crippen molar-refractivity contribution >= 4 is 17.9 Å². The molecule has 1 atom stereocenters. The molecule has 2 saturated heterocycles. The third kappa shape index (κ3) is 2.28. The summed E-state index contributed by atoms with van der Waals surface area (Å²) in [5.74, 6) is 0.795. The SMILES string of the molecule is Cc1cc(C(=O)N2CC[C@@H](N3C(=O)COC3=O)C2)c(C)o1. The molecule has 0 saturated carbocycles. The molecule has 112 valence electrons. The fraction of sp³-hybridized carbons (Fsp3) is 0.500. The fourth-order valence-corrected chi connectivity index (χ4v) is 2.87. The van der Waals surface area contributed by atoms with Gasteiger partial charge in [0, 0.05) is 13.1 Å². The summed E-state index contributed by atoms with van der Waals surface area (Å²) in [5, 5.41) is 0. The summed E-state index contributed by atoms with van der Waals surface area (Å²) in [6.45, 7) is 4.17. The van der Waals surface area contributed by atoms with Gasteiger partial charge in [-0.25, -0.2) is 9.69 Å². The van der Waals surface area contributed by atoms with Crippen LogP contribution in [0.5, 0.6) is 0 Å². The lowest BCUT2D eigenvalue weighted by atomic mass is 10.2. The number of carbonyl (C=O) groups is 3. The van der Waals surface area contributed by atoms with Crippen LogP contribution in [0.25, 0.3) is 0 Å². The second kappa shape index (κ2) is 4.91. The number of furan rings is 1. The monoisotopic (exact) mass is 292 g/mol. The van der Waals surface area contributed by atoms with Crippen LogP contribution in [-0.2, 0) is 9.53 Å². The van der Waals surface area contributed by atoms with Gasteiger partial charge in [-0.15, -0.1) is 0 Å². The zero-order valence-electron chi connectivity index (χ0n) is 11.9. The van der Waals surface area contributed by atoms with Crippen LogP contribution >= 0.6 is 0 Å². The minimum atomic E-state index is -0.616. The molecule has 7 heteroatoms. The predicted octanol–water partition coefficient (Wildman–Crippen LogP) is 1.09. The summed E-state index contributed by atoms with van der Waals surface area (Å²) >= 11 is 0. The van der Waals surface area contributed by atoms with Crippen molar-refractivity contribution in [1.82, 2.24) is 9.80 Å². The maximum absolute atomic E-state index is 12.5. The highest BCUT2D eigenvalue weighted by Gasteiger charge is 2.41. The molecule has 3 heterocycles. The Kier molecular flexibility index (Phi) is 3.19. The smallest absolute Gasteiger partial charge is 0.417 e. The highest BCUT2D eigenvalue weighted by Crippen LogP contribution is 2.23. The molecule has 2 aliphatic heterocycles. The van der Waals surface area contributed by atoms with Gasteiger partial charge in [0.2, 0.25) is 0 Å². The molecule has 0 radical (unpaired) electrons. The second-order valence-corrected chi connectivity index (χ2v) is 5.34. The average molecular weight is 292 g/mol. The van der Waals surface area contributed by atoms with Crippen LogP contribution in [0.15, 0.2) is 10.5 Å². The summed E-state index contributed by atoms with van der Waals surface area (Å²) in [6, 6.07) is 1.41. The topological polar surface area (TPSA) is 80.1 Å². The van der Waals surface area contributed by atoms with E-state index in [9.17, 15) is 14.4 Å². The first kappa shape index (κ1) is 13.7. The van der Waals surface area contributed by atoms with E-state index >= 15 is 0 Å². The minimum Gasteiger partial charge on any atom is -0.466 e. The van der Waals surface area contributed by atoms with E-state index in [0.29, 0.717) is 36.6 Å². The van der Waals surface area contributed by atoms with Crippen LogP contribution in [0.4, 0.5) is 4.79 Å². The first-order valence-corrected chi connectivity index (χ1v) is 6.82. The fourth-order valence-electron chi connectivity index (χ4n) is 2.87. The van der Waals surface area contributed by atoms with Gasteiger partial charge in [0.15, 0.2) is 6.61 Å². The molecule has 0 N–H and O–H groups in total. The lowest BCUT2D eigenvalue weighted by molar-refractivity contribution is -0.127. The molecule has 0 aromatic carbocycles. The van der Waals surface area contributed by atoms with Gasteiger partial charge < -0.3 is 14.1 Å². The van der Waals surface area contributed by atoms with E-state index in [-0.39, 0.29) is 24.5 Å². The Balaban J connectivity index is 1.72. The maximum Gasteiger partial charge on any atom is 0.417 e. The van der Waals surface area contributed by atoms with Gasteiger partial charge in [0.05, 0.1) is 11.6 Å². The van der Waals surface area contributed by atoms with Crippen LogP contribution in [-0.4, -0.2) is 53.4 Å². The molecule has 0 aliphatic carbocycles. The Morgan fingerprint density at radius 2 is 2.10 bits per heavy atom. The largest absolute Gasteiger partial charge is 0.466 e. The number of nitrogens with zero attached hydrogens (tertiary/aromatic N) is 2. The lowest BCUT2D eigenvalue weighted by Gasteiger charge is -2.20. The molecule has 3 amide bonds. The van der Waals surface area contributed by atoms with Crippen molar-refractivity contribution in [2.45, 2.75) is 26.3 Å². The Hall–Kier alpha value is -2.31. The molecule has 0 spiro atoms. The Labute approximate surface area is 121 Å². The number of aryl methyl sites for hydroxylation is 2. The summed E-state index contributed by atoms with van der Waals surface area (Å²) in [4.78, 5) is 38.4. The molecule has 0 unspecified atom stereocenters. The number of amides is 3. The molecule has 2 fully saturated rings. The molecule has 21 heavy (non-hydrogen) atoms. The number of hydrogen-bond donors (Lipinski definition) is 0. The van der Waals surface area contributed by atoms with Gasteiger partial charge in [-0.1, -0.05) is 0 Å². The predicted molar refractivity (Wildman–Crippen MR) is 70.7 cm³/mol. The molecule has 2 aliphatic rings. The number of rotatable bonds is 2. The molecule has 0 bridgehead atoms. The standard InChI is InChI=1S/C14H16N2O5/c1-8-5-11(9(2)21-8)13(18)15-4-3-10(6-15)16-12(17)7-20-14(16)19/h5,10H,3-4,6-7H2,1-2H3/t10-/m1/s1. The van der Waals surface area contributed by atoms with E-state index in [1.807, 2.05) is 0 Å². The van der Waals surface area contributed by atoms with E-state index in [4.69, 9.17) is 9.15 Å². The lowest BCUT2D eigenvalue weighted by Crippen LogP contribution is -2.42. The van der Waals surface area contributed by atoms with Crippen LogP contribution < -0.4 is 0 Å². The van der Waals surface area contributed by atoms with E-state index in [0.717, 1.165) is 4.90 Å². The van der Waals surface area contributed by atoms with Gasteiger partial charge in [-0.2, -0.15) is 0 Å². The summed E-state index contributed by atoms with van der Waals surface area (Å²) < 4.78 is 10.1. The molecule has 1 aromatic rings. The first-order chi connectivity index (χ1) is 9.97. The quantitative estimate of drug-likeness (QED) is 0.815. The minimum absolute atomic E-state index is 0.133. The molecular weight excluding hydrogens is 276 g/mol. The highest BCUT2D eigenvalue weighted by molar-refractivity contribution is 5.99. The van der Waals surface area contributed by atoms with E-state index in [2.05, 4.69) is 0 Å². The van der Waals surface area contributed by atoms with Gasteiger partial charge in [0.1, 0.15) is 11.5 Å². The van der Waals surface area contributed by atoms with Gasteiger partial charge >= 0.3 is 6.09 Å². The van der Waals surface area contributed by atoms with Crippen LogP contribution in [0.1, 0.15) is 28.3 Å². The van der Waals surface area contributed by atoms with Crippen molar-refractivity contribution in [2.75, 3.05) is 19.7 Å². The van der Waals surface area contributed by atoms with Crippen molar-refractivity contribution in [2.24, 2.45) is 0 Å². The normalized spacial score (nSPS) is 22.1. The van der Waals surface area contributed by atoms with Gasteiger partial charge in [-0.3, -0.25) is 9.59 Å². The van der Waals surface area contributed by atoms with E-state index in [1.165, 1.54) is 0 Å². The van der Waals surface area contributed by atoms with Crippen LogP contribution in [0, 0.1) is 13.8 Å². The number of carbonyl (C=O) groups excluding carboxylic acids is 3. The summed E-state index contributed by atoms with van der Waals surface area (Å²) in [7, 11) is 0. The number of ether oxygens (including phenoxy) is 1. The zero-order chi connectivity index (χ0) is 15.1. The molecule has 7 nitrogen and oxygen atoms in total. The number of hydrogen-bond acceptors (Lipinski definition) is 5. The molecule has 3 rings (SSSR count). The molecule has 1 aromatic heterocycles. The highest BCUT2D eigenvalue weighted by atomic mass is 16.6. The first-order valence-electron chi connectivity index (χ1n) is 6.82. The van der Waals surface area contributed by atoms with Gasteiger partial charge in [0.25, 0.3) is 11.8 Å². The third-order valence-electron chi connectivity index (χ3n) is 3.87. The second-order valence-electron chi connectivity index (χ2n) is 5.34. The molecular formula is C14H16N2O5. The third-order valence-corrected chi connectivity index (χ3v) is 3.87. The van der Waals surface area contributed by atoms with Crippen molar-refractivity contribution in [3.8, 4) is 0 Å². The van der Waals surface area contributed by atoms with Gasteiger partial charge in [-0.05, 0) is 26.3 Å². The number of imide groups is 1. The van der Waals surface area contributed by atoms with Crippen molar-refractivity contribution < 1.29 is 23.5 Å². The summed E-state index contributed by atoms with van der Waals surface area (Å²) in [5.41, 5.74) is 0.531. The van der Waals surface area contributed by atoms with Crippen molar-refractivity contribution in [3.05, 3.63) is 23.2 Å². The maximum atomic E-state index is 12.5.